The van der Waals surface area contributed by atoms with Crippen molar-refractivity contribution in [1.29, 1.82) is 0 Å². The second-order valence-corrected chi connectivity index (χ2v) is 10.7. The number of halogens is 3. The van der Waals surface area contributed by atoms with Crippen LogP contribution >= 0.6 is 11.6 Å². The standard InChI is InChI=1S/C26H16ClF2N5O6S/c27-15-2-5-17(6-3-15)33-23(36)20(11-14-1-4-16(28)12-21(14)29)24(37)34(26(33)38)18-7-9-19(10-8-18)41(39,40)32-25-30-13-22(35)31-25/h1-12H,13H2,(H2,30,31,32,35)/b20-11-. The normalized spacial score (nSPS) is 16.8. The number of amides is 5. The number of hydrogen-bond acceptors (Lipinski definition) is 7. The molecular formula is C26H16ClF2N5O6S. The number of hydrogen-bond donors (Lipinski definition) is 2. The lowest BCUT2D eigenvalue weighted by molar-refractivity contribution is -0.121. The molecule has 11 nitrogen and oxygen atoms in total. The van der Waals surface area contributed by atoms with Crippen molar-refractivity contribution < 1.29 is 36.4 Å². The molecule has 208 valence electrons. The molecule has 2 heterocycles. The van der Waals surface area contributed by atoms with E-state index in [4.69, 9.17) is 11.6 Å². The van der Waals surface area contributed by atoms with E-state index in [1.165, 1.54) is 24.3 Å². The lowest BCUT2D eigenvalue weighted by atomic mass is 10.0. The maximum atomic E-state index is 14.4. The Morgan fingerprint density at radius 2 is 1.46 bits per heavy atom. The summed E-state index contributed by atoms with van der Waals surface area (Å²) in [6, 6.07) is 11.4. The Labute approximate surface area is 235 Å². The van der Waals surface area contributed by atoms with E-state index in [0.29, 0.717) is 20.9 Å². The highest BCUT2D eigenvalue weighted by Gasteiger charge is 2.44. The third-order valence-corrected chi connectivity index (χ3v) is 7.48. The Kier molecular flexibility index (Phi) is 7.11. The molecule has 0 aliphatic carbocycles. The van der Waals surface area contributed by atoms with Crippen LogP contribution in [0.15, 0.2) is 82.2 Å². The fourth-order valence-corrected chi connectivity index (χ4v) is 5.04. The molecule has 2 N–H and O–H groups in total. The zero-order valence-corrected chi connectivity index (χ0v) is 22.0. The quantitative estimate of drug-likeness (QED) is 0.341. The Hall–Kier alpha value is -4.95. The second kappa shape index (κ2) is 10.6. The van der Waals surface area contributed by atoms with Crippen molar-refractivity contribution in [1.82, 2.24) is 10.0 Å². The highest BCUT2D eigenvalue weighted by molar-refractivity contribution is 7.90. The number of aliphatic imine (C=N–C) groups is 1. The van der Waals surface area contributed by atoms with E-state index in [1.54, 1.807) is 0 Å². The van der Waals surface area contributed by atoms with E-state index in [1.807, 2.05) is 0 Å². The molecule has 3 aromatic rings. The predicted molar refractivity (Wildman–Crippen MR) is 143 cm³/mol. The predicted octanol–water partition coefficient (Wildman–Crippen LogP) is 2.97. The Morgan fingerprint density at radius 1 is 0.878 bits per heavy atom. The van der Waals surface area contributed by atoms with Crippen molar-refractivity contribution in [3.8, 4) is 0 Å². The first-order valence-electron chi connectivity index (χ1n) is 11.6. The van der Waals surface area contributed by atoms with Gasteiger partial charge in [-0.1, -0.05) is 11.6 Å². The number of imide groups is 2. The van der Waals surface area contributed by atoms with Crippen LogP contribution in [0.2, 0.25) is 5.02 Å². The Balaban J connectivity index is 1.55. The molecular weight excluding hydrogens is 584 g/mol. The summed E-state index contributed by atoms with van der Waals surface area (Å²) in [5, 5.41) is 2.54. The largest absolute Gasteiger partial charge is 0.343 e. The number of nitrogens with one attached hydrogen (secondary N) is 2. The topological polar surface area (TPSA) is 145 Å². The first-order chi connectivity index (χ1) is 19.4. The number of sulfonamides is 1. The van der Waals surface area contributed by atoms with Gasteiger partial charge in [-0.25, -0.2) is 41.5 Å². The minimum absolute atomic E-state index is 0.0372. The average Bonchev–Trinajstić information content (AvgIpc) is 3.32. The molecule has 0 aromatic heterocycles. The monoisotopic (exact) mass is 599 g/mol. The van der Waals surface area contributed by atoms with Gasteiger partial charge in [-0.15, -0.1) is 0 Å². The minimum Gasteiger partial charge on any atom is -0.294 e. The average molecular weight is 600 g/mol. The molecule has 0 spiro atoms. The summed E-state index contributed by atoms with van der Waals surface area (Å²) >= 11 is 5.93. The number of benzene rings is 3. The molecule has 0 unspecified atom stereocenters. The summed E-state index contributed by atoms with van der Waals surface area (Å²) in [7, 11) is -4.21. The van der Waals surface area contributed by atoms with Gasteiger partial charge in [-0.05, 0) is 66.7 Å². The van der Waals surface area contributed by atoms with Gasteiger partial charge in [0.05, 0.1) is 16.3 Å². The van der Waals surface area contributed by atoms with E-state index in [-0.39, 0.29) is 34.3 Å². The van der Waals surface area contributed by atoms with Crippen LogP contribution in [0.4, 0.5) is 25.0 Å². The molecule has 2 aliphatic rings. The van der Waals surface area contributed by atoms with Gasteiger partial charge in [-0.2, -0.15) is 0 Å². The number of carbonyl (C=O) groups is 4. The van der Waals surface area contributed by atoms with Crippen LogP contribution in [0.25, 0.3) is 6.08 Å². The van der Waals surface area contributed by atoms with Crippen molar-refractivity contribution in [2.75, 3.05) is 16.3 Å². The molecule has 0 saturated carbocycles. The maximum Gasteiger partial charge on any atom is 0.343 e. The molecule has 0 radical (unpaired) electrons. The first-order valence-corrected chi connectivity index (χ1v) is 13.4. The van der Waals surface area contributed by atoms with Crippen LogP contribution in [0, 0.1) is 11.6 Å². The van der Waals surface area contributed by atoms with Crippen molar-refractivity contribution in [2.24, 2.45) is 4.99 Å². The van der Waals surface area contributed by atoms with E-state index < -0.39 is 51.0 Å². The van der Waals surface area contributed by atoms with E-state index in [2.05, 4.69) is 15.0 Å². The van der Waals surface area contributed by atoms with Gasteiger partial charge in [0.15, 0.2) is 0 Å². The molecule has 0 atom stereocenters. The summed E-state index contributed by atoms with van der Waals surface area (Å²) in [6.07, 6.45) is 0.890. The lowest BCUT2D eigenvalue weighted by Crippen LogP contribution is -2.57. The number of anilines is 2. The van der Waals surface area contributed by atoms with Crippen LogP contribution < -0.4 is 19.8 Å². The highest BCUT2D eigenvalue weighted by atomic mass is 35.5. The second-order valence-electron chi connectivity index (χ2n) is 8.58. The number of nitrogens with zero attached hydrogens (tertiary/aromatic N) is 3. The van der Waals surface area contributed by atoms with Crippen molar-refractivity contribution >= 4 is 68.8 Å². The van der Waals surface area contributed by atoms with Gasteiger partial charge in [0, 0.05) is 16.7 Å². The van der Waals surface area contributed by atoms with E-state index in [0.717, 1.165) is 42.5 Å². The smallest absolute Gasteiger partial charge is 0.294 e. The van der Waals surface area contributed by atoms with Gasteiger partial charge >= 0.3 is 6.03 Å². The highest BCUT2D eigenvalue weighted by Crippen LogP contribution is 2.31. The number of guanidine groups is 1. The number of barbiturate groups is 1. The molecule has 3 aromatic carbocycles. The summed E-state index contributed by atoms with van der Waals surface area (Å²) in [5.41, 5.74) is -1.00. The number of carbonyl (C=O) groups excluding carboxylic acids is 4. The van der Waals surface area contributed by atoms with Crippen LogP contribution in [0.3, 0.4) is 0 Å². The fraction of sp³-hybridized carbons (Fsp3) is 0.0385. The molecule has 2 aliphatic heterocycles. The molecule has 15 heteroatoms. The summed E-state index contributed by atoms with van der Waals surface area (Å²) in [6.45, 7) is -0.240. The van der Waals surface area contributed by atoms with Gasteiger partial charge in [0.2, 0.25) is 11.9 Å². The van der Waals surface area contributed by atoms with E-state index in [9.17, 15) is 36.4 Å². The molecule has 5 rings (SSSR count). The van der Waals surface area contributed by atoms with Crippen molar-refractivity contribution in [3.05, 3.63) is 94.5 Å². The Bertz CT molecular complexity index is 1790. The summed E-state index contributed by atoms with van der Waals surface area (Å²) in [5.74, 6) is -4.90. The number of rotatable bonds is 5. The van der Waals surface area contributed by atoms with Crippen LogP contribution in [0.1, 0.15) is 5.56 Å². The summed E-state index contributed by atoms with van der Waals surface area (Å²) in [4.78, 5) is 56.4. The van der Waals surface area contributed by atoms with Gasteiger partial charge in [0.25, 0.3) is 21.8 Å². The van der Waals surface area contributed by atoms with E-state index >= 15 is 0 Å². The molecule has 0 bridgehead atoms. The zero-order chi connectivity index (χ0) is 29.5. The van der Waals surface area contributed by atoms with Crippen LogP contribution in [-0.2, 0) is 24.4 Å². The minimum atomic E-state index is -4.21. The number of urea groups is 1. The maximum absolute atomic E-state index is 14.4. The molecule has 41 heavy (non-hydrogen) atoms. The Morgan fingerprint density at radius 3 is 2.00 bits per heavy atom. The zero-order valence-electron chi connectivity index (χ0n) is 20.5. The molecule has 1 fully saturated rings. The van der Waals surface area contributed by atoms with Crippen molar-refractivity contribution in [2.45, 2.75) is 4.90 Å². The third kappa shape index (κ3) is 5.42. The third-order valence-electron chi connectivity index (χ3n) is 5.87. The van der Waals surface area contributed by atoms with Crippen molar-refractivity contribution in [3.63, 3.8) is 0 Å². The first kappa shape index (κ1) is 27.6. The SMILES string of the molecule is O=C1CN=C(NS(=O)(=O)c2ccc(N3C(=O)/C(=C\c4ccc(F)cc4F)C(=O)N(c4ccc(Cl)cc4)C3=O)cc2)N1. The fourth-order valence-electron chi connectivity index (χ4n) is 3.93. The van der Waals surface area contributed by atoms with Gasteiger partial charge in [-0.3, -0.25) is 19.7 Å². The van der Waals surface area contributed by atoms with Gasteiger partial charge in [0.1, 0.15) is 23.8 Å². The van der Waals surface area contributed by atoms with Crippen LogP contribution in [-0.4, -0.2) is 44.7 Å². The molecule has 5 amide bonds. The van der Waals surface area contributed by atoms with Gasteiger partial charge < -0.3 is 0 Å². The molecule has 1 saturated heterocycles. The summed E-state index contributed by atoms with van der Waals surface area (Å²) < 4.78 is 55.4. The van der Waals surface area contributed by atoms with Crippen LogP contribution in [0.5, 0.6) is 0 Å². The lowest BCUT2D eigenvalue weighted by Gasteiger charge is -2.34.